The summed E-state index contributed by atoms with van der Waals surface area (Å²) in [6, 6.07) is 9.20. The van der Waals surface area contributed by atoms with E-state index < -0.39 is 10.6 Å². The first kappa shape index (κ1) is 14.8. The molecule has 0 amide bonds. The largest absolute Gasteiger partial charge is 0.344 e. The Morgan fingerprint density at radius 1 is 1.00 bits per heavy atom. The van der Waals surface area contributed by atoms with Gasteiger partial charge in [0, 0.05) is 16.9 Å². The number of pyridine rings is 1. The summed E-state index contributed by atoms with van der Waals surface area (Å²) in [7, 11) is -3.09. The van der Waals surface area contributed by atoms with Gasteiger partial charge < -0.3 is 0 Å². The highest BCUT2D eigenvalue weighted by molar-refractivity contribution is 8.23. The second-order valence-corrected chi connectivity index (χ2v) is 7.17. The number of aromatic nitrogens is 1. The van der Waals surface area contributed by atoms with Gasteiger partial charge in [0.15, 0.2) is 0 Å². The van der Waals surface area contributed by atoms with Gasteiger partial charge in [-0.25, -0.2) is 0 Å². The van der Waals surface area contributed by atoms with Gasteiger partial charge in [0.2, 0.25) is 6.20 Å². The maximum atomic E-state index is 10.4. The Balaban J connectivity index is 2.40. The minimum Gasteiger partial charge on any atom is -0.290 e. The van der Waals surface area contributed by atoms with Gasteiger partial charge in [0.25, 0.3) is 0 Å². The van der Waals surface area contributed by atoms with Crippen molar-refractivity contribution in [1.82, 2.24) is 0 Å². The van der Waals surface area contributed by atoms with E-state index in [1.165, 1.54) is 6.20 Å². The van der Waals surface area contributed by atoms with Gasteiger partial charge in [0.05, 0.1) is 5.75 Å². The molecule has 2 rings (SSSR count). The fraction of sp³-hybridized carbons (Fsp3) is 0.267. The molecule has 2 aromatic rings. The molecule has 0 saturated carbocycles. The van der Waals surface area contributed by atoms with Crippen LogP contribution in [0.2, 0.25) is 0 Å². The van der Waals surface area contributed by atoms with Crippen molar-refractivity contribution in [3.05, 3.63) is 58.8 Å². The van der Waals surface area contributed by atoms with Crippen LogP contribution in [-0.2, 0) is 5.75 Å². The van der Waals surface area contributed by atoms with E-state index in [2.05, 4.69) is 0 Å². The highest BCUT2D eigenvalue weighted by Crippen LogP contribution is 2.49. The molecule has 0 aliphatic rings. The number of nitrogens with zero attached hydrogens (tertiary/aromatic N) is 1. The summed E-state index contributed by atoms with van der Waals surface area (Å²) in [6.07, 6.45) is 1.42. The number of rotatable bonds is 3. The molecule has 0 aliphatic heterocycles. The van der Waals surface area contributed by atoms with Gasteiger partial charge in [-0.3, -0.25) is 14.3 Å². The third-order valence-corrected chi connectivity index (χ3v) is 4.94. The van der Waals surface area contributed by atoms with E-state index in [0.29, 0.717) is 0 Å². The Bertz CT molecular complexity index is 641. The maximum Gasteiger partial charge on any atom is 0.344 e. The highest BCUT2D eigenvalue weighted by Gasteiger charge is 2.28. The second-order valence-electron chi connectivity index (χ2n) is 5.13. The smallest absolute Gasteiger partial charge is 0.290 e. The molecule has 0 fully saturated rings. The summed E-state index contributed by atoms with van der Waals surface area (Å²) < 4.78 is 21.6. The molecule has 0 unspecified atom stereocenters. The first-order valence-electron chi connectivity index (χ1n) is 6.33. The Morgan fingerprint density at radius 2 is 1.65 bits per heavy atom. The molecule has 0 aliphatic carbocycles. The Hall–Kier alpha value is -1.56. The zero-order valence-electron chi connectivity index (χ0n) is 11.9. The topological polar surface area (TPSA) is 64.6 Å². The van der Waals surface area contributed by atoms with Crippen molar-refractivity contribution < 1.29 is 19.0 Å². The van der Waals surface area contributed by atoms with Crippen LogP contribution in [0.3, 0.4) is 0 Å². The third-order valence-electron chi connectivity index (χ3n) is 3.25. The van der Waals surface area contributed by atoms with E-state index in [9.17, 15) is 14.3 Å². The van der Waals surface area contributed by atoms with Crippen LogP contribution < -0.4 is 4.73 Å². The quantitative estimate of drug-likeness (QED) is 0.600. The van der Waals surface area contributed by atoms with Crippen LogP contribution in [0.1, 0.15) is 22.3 Å². The lowest BCUT2D eigenvalue weighted by Gasteiger charge is -2.28. The van der Waals surface area contributed by atoms with Crippen molar-refractivity contribution in [2.45, 2.75) is 31.6 Å². The molecule has 0 spiro atoms. The van der Waals surface area contributed by atoms with Crippen molar-refractivity contribution in [3.63, 3.8) is 0 Å². The van der Waals surface area contributed by atoms with Crippen molar-refractivity contribution >= 4 is 10.6 Å². The average molecular weight is 294 g/mol. The summed E-state index contributed by atoms with van der Waals surface area (Å²) in [5, 5.41) is 9.93. The number of hydrogen-bond donors (Lipinski definition) is 3. The van der Waals surface area contributed by atoms with Crippen molar-refractivity contribution in [2.75, 3.05) is 0 Å². The molecule has 4 nitrogen and oxygen atoms in total. The van der Waals surface area contributed by atoms with Crippen molar-refractivity contribution in [3.8, 4) is 0 Å². The molecule has 1 heterocycles. The lowest BCUT2D eigenvalue weighted by molar-refractivity contribution is -0.933. The van der Waals surface area contributed by atoms with Gasteiger partial charge in [-0.1, -0.05) is 23.8 Å². The van der Waals surface area contributed by atoms with Crippen LogP contribution in [0.15, 0.2) is 41.6 Å². The second kappa shape index (κ2) is 5.44. The van der Waals surface area contributed by atoms with E-state index in [-0.39, 0.29) is 10.8 Å². The summed E-state index contributed by atoms with van der Waals surface area (Å²) in [4.78, 5) is 0. The summed E-state index contributed by atoms with van der Waals surface area (Å²) in [5.41, 5.74) is 3.83. The van der Waals surface area contributed by atoms with Crippen LogP contribution in [0.5, 0.6) is 0 Å². The lowest BCUT2D eigenvalue weighted by Crippen LogP contribution is -2.35. The summed E-state index contributed by atoms with van der Waals surface area (Å²) >= 11 is 0. The van der Waals surface area contributed by atoms with E-state index in [1.807, 2.05) is 39.0 Å². The predicted molar refractivity (Wildman–Crippen MR) is 79.3 cm³/mol. The van der Waals surface area contributed by atoms with Gasteiger partial charge in [0.1, 0.15) is 0 Å². The zero-order chi connectivity index (χ0) is 14.9. The minimum atomic E-state index is -3.09. The molecule has 5 heteroatoms. The highest BCUT2D eigenvalue weighted by atomic mass is 32.3. The van der Waals surface area contributed by atoms with Crippen molar-refractivity contribution in [2.24, 2.45) is 0 Å². The molecule has 20 heavy (non-hydrogen) atoms. The third kappa shape index (κ3) is 3.12. The Labute approximate surface area is 120 Å². The molecule has 0 bridgehead atoms. The van der Waals surface area contributed by atoms with E-state index in [4.69, 9.17) is 0 Å². The fourth-order valence-electron chi connectivity index (χ4n) is 2.06. The number of aryl methyl sites for hydroxylation is 3. The van der Waals surface area contributed by atoms with E-state index in [1.54, 1.807) is 12.1 Å². The Kier molecular flexibility index (Phi) is 4.04. The molecule has 0 radical (unpaired) electrons. The number of hydrogen-bond acceptors (Lipinski definition) is 3. The van der Waals surface area contributed by atoms with E-state index >= 15 is 0 Å². The SMILES string of the molecule is Cc1ccc(C)c(CS(O)(O)c2cc(C)cc[n+]2O)c1. The van der Waals surface area contributed by atoms with Gasteiger partial charge in [-0.2, -0.15) is 0 Å². The zero-order valence-corrected chi connectivity index (χ0v) is 12.7. The molecule has 1 aromatic heterocycles. The predicted octanol–water partition coefficient (Wildman–Crippen LogP) is 3.45. The fourth-order valence-corrected chi connectivity index (χ4v) is 3.69. The normalized spacial score (nSPS) is 12.4. The molecule has 3 N–H and O–H groups in total. The summed E-state index contributed by atoms with van der Waals surface area (Å²) in [5.74, 6) is 0.102. The average Bonchev–Trinajstić information content (AvgIpc) is 2.36. The first-order chi connectivity index (χ1) is 9.29. The van der Waals surface area contributed by atoms with Gasteiger partial charge in [-0.15, -0.1) is 10.6 Å². The molecular weight excluding hydrogens is 274 g/mol. The van der Waals surface area contributed by atoms with Crippen molar-refractivity contribution in [1.29, 1.82) is 0 Å². The minimum absolute atomic E-state index is 0.102. The molecule has 1 aromatic carbocycles. The lowest BCUT2D eigenvalue weighted by atomic mass is 10.1. The molecular formula is C15H20NO3S+. The Morgan fingerprint density at radius 3 is 2.35 bits per heavy atom. The first-order valence-corrected chi connectivity index (χ1v) is 8.05. The van der Waals surface area contributed by atoms with Crippen LogP contribution >= 0.6 is 10.6 Å². The van der Waals surface area contributed by atoms with Crippen LogP contribution in [-0.4, -0.2) is 14.3 Å². The summed E-state index contributed by atoms with van der Waals surface area (Å²) in [6.45, 7) is 5.75. The molecule has 0 saturated heterocycles. The van der Waals surface area contributed by atoms with Crippen LogP contribution in [0.4, 0.5) is 0 Å². The monoisotopic (exact) mass is 294 g/mol. The van der Waals surface area contributed by atoms with Gasteiger partial charge in [-0.05, 0) is 37.5 Å². The van der Waals surface area contributed by atoms with Crippen LogP contribution in [0.25, 0.3) is 0 Å². The molecule has 108 valence electrons. The van der Waals surface area contributed by atoms with Gasteiger partial charge >= 0.3 is 5.03 Å². The van der Waals surface area contributed by atoms with E-state index in [0.717, 1.165) is 27.0 Å². The maximum absolute atomic E-state index is 10.4. The molecule has 0 atom stereocenters. The standard InChI is InChI=1S/C15H19NO3S/c1-11-4-5-13(3)14(8-11)10-20(18,19)15-9-12(2)6-7-16(15)17/h4-9H,10H2,1-3H3,(H2-,17,18,19)/p+1. The number of benzene rings is 1. The van der Waals surface area contributed by atoms with Crippen LogP contribution in [0, 0.1) is 20.8 Å².